The summed E-state index contributed by atoms with van der Waals surface area (Å²) in [5.74, 6) is -1.26. The van der Waals surface area contributed by atoms with Crippen molar-refractivity contribution in [3.8, 4) is 0 Å². The number of rotatable bonds is 3. The fraction of sp³-hybridized carbons (Fsp3) is 0.417. The van der Waals surface area contributed by atoms with Crippen molar-refractivity contribution in [3.05, 3.63) is 34.4 Å². The predicted molar refractivity (Wildman–Crippen MR) is 60.2 cm³/mol. The Bertz CT molecular complexity index is 399. The zero-order valence-corrected chi connectivity index (χ0v) is 10.2. The molecular formula is C12H13ClF2O. The molecule has 0 spiro atoms. The molecule has 1 nitrogen and oxygen atoms in total. The number of alkyl halides is 3. The van der Waals surface area contributed by atoms with Gasteiger partial charge in [0.1, 0.15) is 0 Å². The first-order valence-corrected chi connectivity index (χ1v) is 5.26. The molecule has 0 heterocycles. The molecule has 0 N–H and O–H groups in total. The van der Waals surface area contributed by atoms with Crippen molar-refractivity contribution in [1.82, 2.24) is 0 Å². The first kappa shape index (κ1) is 13.1. The first-order chi connectivity index (χ1) is 7.21. The average molecular weight is 247 g/mol. The molecule has 88 valence electrons. The highest BCUT2D eigenvalue weighted by molar-refractivity contribution is 6.32. The lowest BCUT2D eigenvalue weighted by atomic mass is 9.96. The van der Waals surface area contributed by atoms with E-state index in [1.165, 1.54) is 0 Å². The van der Waals surface area contributed by atoms with Gasteiger partial charge in [-0.2, -0.15) is 8.78 Å². The fourth-order valence-corrected chi connectivity index (χ4v) is 1.82. The largest absolute Gasteiger partial charge is 0.380 e. The number of Topliss-reactive ketones (excluding diaryl/α,β-unsaturated/α-hetero) is 1. The van der Waals surface area contributed by atoms with Crippen molar-refractivity contribution in [2.24, 2.45) is 0 Å². The van der Waals surface area contributed by atoms with Gasteiger partial charge in [-0.1, -0.05) is 17.7 Å². The molecule has 0 aliphatic rings. The van der Waals surface area contributed by atoms with Crippen LogP contribution in [0.3, 0.4) is 0 Å². The van der Waals surface area contributed by atoms with E-state index in [0.717, 1.165) is 16.7 Å². The Kier molecular flexibility index (Phi) is 3.68. The Labute approximate surface area is 98.4 Å². The Morgan fingerprint density at radius 3 is 2.06 bits per heavy atom. The van der Waals surface area contributed by atoms with Gasteiger partial charge in [0.05, 0.1) is 0 Å². The topological polar surface area (TPSA) is 17.1 Å². The van der Waals surface area contributed by atoms with Gasteiger partial charge < -0.3 is 0 Å². The SMILES string of the molecule is Cc1cc(C)c(CC(=O)C(F)(F)Cl)c(C)c1. The smallest absolute Gasteiger partial charge is 0.291 e. The van der Waals surface area contributed by atoms with Crippen LogP contribution in [0, 0.1) is 20.8 Å². The molecule has 0 aliphatic carbocycles. The molecule has 4 heteroatoms. The molecule has 0 saturated heterocycles. The van der Waals surface area contributed by atoms with Crippen molar-refractivity contribution >= 4 is 17.4 Å². The fourth-order valence-electron chi connectivity index (χ4n) is 1.75. The summed E-state index contributed by atoms with van der Waals surface area (Å²) in [4.78, 5) is 11.1. The van der Waals surface area contributed by atoms with Crippen molar-refractivity contribution in [1.29, 1.82) is 0 Å². The van der Waals surface area contributed by atoms with Crippen LogP contribution in [0.25, 0.3) is 0 Å². The number of carbonyl (C=O) groups excluding carboxylic acids is 1. The summed E-state index contributed by atoms with van der Waals surface area (Å²) in [6.45, 7) is 5.52. The van der Waals surface area contributed by atoms with Crippen LogP contribution in [-0.4, -0.2) is 11.2 Å². The molecule has 1 rings (SSSR count). The number of benzene rings is 1. The van der Waals surface area contributed by atoms with E-state index in [-0.39, 0.29) is 6.42 Å². The lowest BCUT2D eigenvalue weighted by molar-refractivity contribution is -0.132. The quantitative estimate of drug-likeness (QED) is 0.746. The van der Waals surface area contributed by atoms with Gasteiger partial charge in [-0.05, 0) is 49.1 Å². The Morgan fingerprint density at radius 1 is 1.25 bits per heavy atom. The summed E-state index contributed by atoms with van der Waals surface area (Å²) in [6, 6.07) is 3.73. The highest BCUT2D eigenvalue weighted by atomic mass is 35.5. The number of ketones is 1. The van der Waals surface area contributed by atoms with Crippen LogP contribution in [0.5, 0.6) is 0 Å². The molecule has 0 unspecified atom stereocenters. The summed E-state index contributed by atoms with van der Waals surface area (Å²) < 4.78 is 25.1. The van der Waals surface area contributed by atoms with Gasteiger partial charge in [-0.15, -0.1) is 0 Å². The summed E-state index contributed by atoms with van der Waals surface area (Å²) in [6.07, 6.45) is -0.325. The second-order valence-electron chi connectivity index (χ2n) is 3.97. The van der Waals surface area contributed by atoms with Gasteiger partial charge in [-0.25, -0.2) is 0 Å². The molecule has 0 aliphatic heterocycles. The Balaban J connectivity index is 3.03. The summed E-state index contributed by atoms with van der Waals surface area (Å²) >= 11 is 4.69. The van der Waals surface area contributed by atoms with E-state index in [1.807, 2.05) is 19.1 Å². The molecule has 0 amide bonds. The standard InChI is InChI=1S/C12H13ClF2O/c1-7-4-8(2)10(9(3)5-7)6-11(16)12(13,14)15/h4-5H,6H2,1-3H3. The molecule has 1 aromatic carbocycles. The van der Waals surface area contributed by atoms with Gasteiger partial charge in [-0.3, -0.25) is 4.79 Å². The molecule has 0 aromatic heterocycles. The Hall–Kier alpha value is -0.960. The van der Waals surface area contributed by atoms with E-state index in [4.69, 9.17) is 0 Å². The normalized spacial score (nSPS) is 11.6. The number of hydrogen-bond acceptors (Lipinski definition) is 1. The minimum absolute atomic E-state index is 0.325. The minimum atomic E-state index is -3.77. The lowest BCUT2D eigenvalue weighted by Crippen LogP contribution is -2.24. The van der Waals surface area contributed by atoms with E-state index < -0.39 is 11.2 Å². The monoisotopic (exact) mass is 246 g/mol. The highest BCUT2D eigenvalue weighted by Gasteiger charge is 2.35. The number of halogens is 3. The molecule has 0 radical (unpaired) electrons. The summed E-state index contributed by atoms with van der Waals surface area (Å²) in [5, 5.41) is -3.77. The third kappa shape index (κ3) is 3.01. The zero-order chi connectivity index (χ0) is 12.5. The van der Waals surface area contributed by atoms with E-state index in [1.54, 1.807) is 13.8 Å². The van der Waals surface area contributed by atoms with E-state index in [0.29, 0.717) is 5.56 Å². The highest BCUT2D eigenvalue weighted by Crippen LogP contribution is 2.24. The number of aryl methyl sites for hydroxylation is 3. The maximum Gasteiger partial charge on any atom is 0.380 e. The third-order valence-electron chi connectivity index (χ3n) is 2.49. The maximum atomic E-state index is 12.6. The molecule has 0 saturated carbocycles. The molecule has 0 bridgehead atoms. The van der Waals surface area contributed by atoms with Crippen molar-refractivity contribution in [2.75, 3.05) is 0 Å². The summed E-state index contributed by atoms with van der Waals surface area (Å²) in [5.41, 5.74) is 3.36. The van der Waals surface area contributed by atoms with Crippen LogP contribution in [0.15, 0.2) is 12.1 Å². The zero-order valence-electron chi connectivity index (χ0n) is 9.40. The first-order valence-electron chi connectivity index (χ1n) is 4.88. The summed E-state index contributed by atoms with van der Waals surface area (Å²) in [7, 11) is 0. The second kappa shape index (κ2) is 4.50. The molecule has 16 heavy (non-hydrogen) atoms. The van der Waals surface area contributed by atoms with Crippen LogP contribution in [0.4, 0.5) is 8.78 Å². The van der Waals surface area contributed by atoms with Gasteiger partial charge in [0, 0.05) is 6.42 Å². The minimum Gasteiger partial charge on any atom is -0.291 e. The van der Waals surface area contributed by atoms with Crippen molar-refractivity contribution in [2.45, 2.75) is 32.6 Å². The van der Waals surface area contributed by atoms with Gasteiger partial charge in [0.2, 0.25) is 5.78 Å². The van der Waals surface area contributed by atoms with E-state index >= 15 is 0 Å². The van der Waals surface area contributed by atoms with E-state index in [9.17, 15) is 13.6 Å². The van der Waals surface area contributed by atoms with Crippen molar-refractivity contribution in [3.63, 3.8) is 0 Å². The number of hydrogen-bond donors (Lipinski definition) is 0. The predicted octanol–water partition coefficient (Wildman–Crippen LogP) is 3.56. The van der Waals surface area contributed by atoms with Gasteiger partial charge in [0.15, 0.2) is 0 Å². The van der Waals surface area contributed by atoms with Crippen LogP contribution in [0.2, 0.25) is 0 Å². The van der Waals surface area contributed by atoms with Crippen LogP contribution in [-0.2, 0) is 11.2 Å². The molecule has 1 aromatic rings. The Morgan fingerprint density at radius 2 is 1.69 bits per heavy atom. The van der Waals surface area contributed by atoms with Crippen LogP contribution < -0.4 is 0 Å². The average Bonchev–Trinajstić information content (AvgIpc) is 2.08. The van der Waals surface area contributed by atoms with Gasteiger partial charge in [0.25, 0.3) is 0 Å². The second-order valence-corrected chi connectivity index (χ2v) is 4.45. The van der Waals surface area contributed by atoms with E-state index in [2.05, 4.69) is 11.6 Å². The maximum absolute atomic E-state index is 12.6. The molecule has 0 fully saturated rings. The third-order valence-corrected chi connectivity index (χ3v) is 2.70. The van der Waals surface area contributed by atoms with Crippen LogP contribution in [0.1, 0.15) is 22.3 Å². The molecular weight excluding hydrogens is 234 g/mol. The van der Waals surface area contributed by atoms with Crippen LogP contribution >= 0.6 is 11.6 Å². The van der Waals surface area contributed by atoms with Crippen molar-refractivity contribution < 1.29 is 13.6 Å². The lowest BCUT2D eigenvalue weighted by Gasteiger charge is -2.12. The number of carbonyl (C=O) groups is 1. The molecule has 0 atom stereocenters. The van der Waals surface area contributed by atoms with Gasteiger partial charge >= 0.3 is 5.38 Å².